The second-order valence-corrected chi connectivity index (χ2v) is 12.6. The lowest BCUT2D eigenvalue weighted by Gasteiger charge is -2.24. The maximum absolute atomic E-state index is 12.3. The summed E-state index contributed by atoms with van der Waals surface area (Å²) in [6.07, 6.45) is 25.1. The van der Waals surface area contributed by atoms with E-state index in [-0.39, 0.29) is 25.8 Å². The van der Waals surface area contributed by atoms with Gasteiger partial charge in [-0.25, -0.2) is 4.57 Å². The summed E-state index contributed by atoms with van der Waals surface area (Å²) in [5, 5.41) is 0. The van der Waals surface area contributed by atoms with E-state index in [1.165, 1.54) is 0 Å². The van der Waals surface area contributed by atoms with Crippen molar-refractivity contribution in [2.24, 2.45) is 0 Å². The Morgan fingerprint density at radius 3 is 2.12 bits per heavy atom. The molecule has 0 saturated heterocycles. The third-order valence-electron chi connectivity index (χ3n) is 5.97. The number of quaternary nitrogens is 1. The third-order valence-corrected chi connectivity index (χ3v) is 6.95. The van der Waals surface area contributed by atoms with Crippen LogP contribution < -0.4 is 0 Å². The van der Waals surface area contributed by atoms with Crippen LogP contribution in [0.3, 0.4) is 0 Å². The number of phosphoric acid groups is 1. The summed E-state index contributed by atoms with van der Waals surface area (Å²) in [6, 6.07) is 0. The van der Waals surface area contributed by atoms with Crippen LogP contribution in [-0.2, 0) is 27.9 Å². The molecular formula is C31H59NO7P+. The van der Waals surface area contributed by atoms with Crippen LogP contribution in [0, 0.1) is 0 Å². The van der Waals surface area contributed by atoms with E-state index in [4.69, 9.17) is 18.5 Å². The number of likely N-dealkylation sites (N-methyl/N-ethyl adjacent to an activating group) is 1. The number of carbonyl (C=O) groups is 1. The van der Waals surface area contributed by atoms with Gasteiger partial charge in [-0.3, -0.25) is 13.8 Å². The topological polar surface area (TPSA) is 91.3 Å². The van der Waals surface area contributed by atoms with Gasteiger partial charge >= 0.3 is 13.8 Å². The molecule has 2 atom stereocenters. The Hall–Kier alpha value is -1.28. The minimum atomic E-state index is -4.25. The monoisotopic (exact) mass is 588 g/mol. The lowest BCUT2D eigenvalue weighted by molar-refractivity contribution is -0.870. The van der Waals surface area contributed by atoms with E-state index < -0.39 is 13.9 Å². The zero-order valence-electron chi connectivity index (χ0n) is 26.1. The van der Waals surface area contributed by atoms with E-state index in [2.05, 4.69) is 50.3 Å². The summed E-state index contributed by atoms with van der Waals surface area (Å²) in [7, 11) is 1.64. The van der Waals surface area contributed by atoms with Gasteiger partial charge in [0.05, 0.1) is 34.4 Å². The number of esters is 1. The van der Waals surface area contributed by atoms with Gasteiger partial charge in [0, 0.05) is 13.0 Å². The summed E-state index contributed by atoms with van der Waals surface area (Å²) < 4.78 is 34.3. The molecule has 1 N–H and O–H groups in total. The molecule has 0 aromatic rings. The number of ether oxygens (including phenoxy) is 2. The standard InChI is InChI=1S/C31H58NO7P/c1-6-8-10-12-13-14-15-16-17-18-19-20-21-23-26-36-28-30(39-31(33)24-22-11-9-7-2)29-38-40(34,35)37-27-25-32(3,4)5/h8,10,13-14,16-17,30H,6-7,9,11-12,15,18-29H2,1-5H3/p+1/b10-8-,14-13-,17-16-. The van der Waals surface area contributed by atoms with Gasteiger partial charge in [-0.15, -0.1) is 0 Å². The minimum absolute atomic E-state index is 0.0828. The van der Waals surface area contributed by atoms with Crippen LogP contribution >= 0.6 is 7.82 Å². The van der Waals surface area contributed by atoms with Gasteiger partial charge in [-0.1, -0.05) is 82.4 Å². The Morgan fingerprint density at radius 1 is 0.800 bits per heavy atom. The molecule has 0 aliphatic heterocycles. The molecule has 40 heavy (non-hydrogen) atoms. The Labute approximate surface area is 245 Å². The Morgan fingerprint density at radius 2 is 1.45 bits per heavy atom. The molecule has 0 aliphatic rings. The van der Waals surface area contributed by atoms with Gasteiger partial charge in [0.1, 0.15) is 19.3 Å². The Balaban J connectivity index is 4.28. The Kier molecular flexibility index (Phi) is 24.6. The first kappa shape index (κ1) is 38.7. The molecule has 0 heterocycles. The average molecular weight is 589 g/mol. The maximum atomic E-state index is 12.3. The molecule has 0 bridgehead atoms. The number of phosphoric ester groups is 1. The minimum Gasteiger partial charge on any atom is -0.457 e. The maximum Gasteiger partial charge on any atom is 0.472 e. The molecule has 2 unspecified atom stereocenters. The highest BCUT2D eigenvalue weighted by atomic mass is 31.2. The fraction of sp³-hybridized carbons (Fsp3) is 0.774. The molecule has 0 aliphatic carbocycles. The summed E-state index contributed by atoms with van der Waals surface area (Å²) in [4.78, 5) is 22.3. The highest BCUT2D eigenvalue weighted by Crippen LogP contribution is 2.43. The van der Waals surface area contributed by atoms with Gasteiger partial charge in [-0.05, 0) is 44.9 Å². The van der Waals surface area contributed by atoms with Crippen molar-refractivity contribution < 1.29 is 37.3 Å². The first-order valence-corrected chi connectivity index (χ1v) is 16.7. The number of allylic oxidation sites excluding steroid dienone is 6. The van der Waals surface area contributed by atoms with Crippen LogP contribution in [0.15, 0.2) is 36.5 Å². The molecule has 0 aromatic carbocycles. The molecule has 8 nitrogen and oxygen atoms in total. The van der Waals surface area contributed by atoms with Gasteiger partial charge in [0.25, 0.3) is 0 Å². The molecule has 234 valence electrons. The quantitative estimate of drug-likeness (QED) is 0.0349. The summed E-state index contributed by atoms with van der Waals surface area (Å²) >= 11 is 0. The molecule has 9 heteroatoms. The van der Waals surface area contributed by atoms with E-state index in [9.17, 15) is 14.3 Å². The van der Waals surface area contributed by atoms with Gasteiger partial charge in [-0.2, -0.15) is 0 Å². The molecule has 0 aromatic heterocycles. The Bertz CT molecular complexity index is 746. The van der Waals surface area contributed by atoms with E-state index >= 15 is 0 Å². The highest BCUT2D eigenvalue weighted by Gasteiger charge is 2.26. The SMILES string of the molecule is CC/C=C\C/C=C\C/C=C\CCCCCCOCC(COP(=O)(O)OCC[N+](C)(C)C)OC(=O)CCCCCC. The fourth-order valence-electron chi connectivity index (χ4n) is 3.56. The van der Waals surface area contributed by atoms with Gasteiger partial charge in [0.15, 0.2) is 0 Å². The first-order chi connectivity index (χ1) is 19.1. The van der Waals surface area contributed by atoms with Crippen molar-refractivity contribution in [2.75, 3.05) is 54.1 Å². The second-order valence-electron chi connectivity index (χ2n) is 11.1. The lowest BCUT2D eigenvalue weighted by Crippen LogP contribution is -2.37. The van der Waals surface area contributed by atoms with E-state index in [1.54, 1.807) is 0 Å². The van der Waals surface area contributed by atoms with Crippen LogP contribution in [0.1, 0.15) is 97.3 Å². The van der Waals surface area contributed by atoms with E-state index in [0.717, 1.165) is 77.0 Å². The molecule has 0 amide bonds. The predicted octanol–water partition coefficient (Wildman–Crippen LogP) is 7.53. The lowest BCUT2D eigenvalue weighted by atomic mass is 10.1. The van der Waals surface area contributed by atoms with Crippen molar-refractivity contribution in [2.45, 2.75) is 103 Å². The third kappa shape index (κ3) is 28.3. The molecular weight excluding hydrogens is 529 g/mol. The van der Waals surface area contributed by atoms with Crippen molar-refractivity contribution in [3.05, 3.63) is 36.5 Å². The fourth-order valence-corrected chi connectivity index (χ4v) is 4.30. The van der Waals surface area contributed by atoms with Crippen LogP contribution in [0.5, 0.6) is 0 Å². The number of hydrogen-bond acceptors (Lipinski definition) is 6. The smallest absolute Gasteiger partial charge is 0.457 e. The van der Waals surface area contributed by atoms with E-state index in [1.807, 2.05) is 21.1 Å². The largest absolute Gasteiger partial charge is 0.472 e. The number of hydrogen-bond donors (Lipinski definition) is 1. The summed E-state index contributed by atoms with van der Waals surface area (Å²) in [5.41, 5.74) is 0. The molecule has 0 spiro atoms. The van der Waals surface area contributed by atoms with Crippen molar-refractivity contribution in [3.63, 3.8) is 0 Å². The van der Waals surface area contributed by atoms with Crippen molar-refractivity contribution in [1.82, 2.24) is 0 Å². The number of carbonyl (C=O) groups excluding carboxylic acids is 1. The van der Waals surface area contributed by atoms with Crippen LogP contribution in [0.2, 0.25) is 0 Å². The van der Waals surface area contributed by atoms with Crippen molar-refractivity contribution in [3.8, 4) is 0 Å². The zero-order valence-corrected chi connectivity index (χ0v) is 27.0. The molecule has 0 saturated carbocycles. The summed E-state index contributed by atoms with van der Waals surface area (Å²) in [5.74, 6) is -0.344. The van der Waals surface area contributed by atoms with Gasteiger partial charge < -0.3 is 18.9 Å². The number of rotatable bonds is 27. The number of nitrogens with zero attached hydrogens (tertiary/aromatic N) is 1. The normalized spacial score (nSPS) is 14.8. The zero-order chi connectivity index (χ0) is 30.0. The average Bonchev–Trinajstić information content (AvgIpc) is 2.88. The van der Waals surface area contributed by atoms with Crippen molar-refractivity contribution in [1.29, 1.82) is 0 Å². The highest BCUT2D eigenvalue weighted by molar-refractivity contribution is 7.47. The first-order valence-electron chi connectivity index (χ1n) is 15.2. The second kappa shape index (κ2) is 25.4. The summed E-state index contributed by atoms with van der Waals surface area (Å²) in [6.45, 7) is 5.29. The van der Waals surface area contributed by atoms with E-state index in [0.29, 0.717) is 24.1 Å². The predicted molar refractivity (Wildman–Crippen MR) is 164 cm³/mol. The molecule has 0 fully saturated rings. The molecule has 0 rings (SSSR count). The number of unbranched alkanes of at least 4 members (excludes halogenated alkanes) is 7. The van der Waals surface area contributed by atoms with Crippen LogP contribution in [-0.4, -0.2) is 75.6 Å². The van der Waals surface area contributed by atoms with Gasteiger partial charge in [0.2, 0.25) is 0 Å². The van der Waals surface area contributed by atoms with Crippen molar-refractivity contribution >= 4 is 13.8 Å². The van der Waals surface area contributed by atoms with Crippen LogP contribution in [0.4, 0.5) is 0 Å². The molecule has 0 radical (unpaired) electrons. The van der Waals surface area contributed by atoms with Crippen LogP contribution in [0.25, 0.3) is 0 Å².